The van der Waals surface area contributed by atoms with E-state index in [0.29, 0.717) is 17.9 Å². The maximum absolute atomic E-state index is 13.9. The highest BCUT2D eigenvalue weighted by Gasteiger charge is 2.41. The van der Waals surface area contributed by atoms with Gasteiger partial charge in [0, 0.05) is 11.6 Å². The Hall–Kier alpha value is -1.96. The van der Waals surface area contributed by atoms with Gasteiger partial charge in [-0.15, -0.1) is 0 Å². The third-order valence-corrected chi connectivity index (χ3v) is 6.39. The fourth-order valence-electron chi connectivity index (χ4n) is 2.87. The van der Waals surface area contributed by atoms with Gasteiger partial charge in [0.25, 0.3) is 0 Å². The molecule has 0 radical (unpaired) electrons. The number of carbonyl (C=O) groups excluding carboxylic acids is 1. The molecule has 0 aliphatic carbocycles. The van der Waals surface area contributed by atoms with E-state index < -0.39 is 32.7 Å². The topological polar surface area (TPSA) is 63.7 Å². The molecule has 0 unspecified atom stereocenters. The van der Waals surface area contributed by atoms with E-state index in [-0.39, 0.29) is 13.2 Å². The molecule has 8 heteroatoms. The summed E-state index contributed by atoms with van der Waals surface area (Å²) in [6, 6.07) is 11.0. The van der Waals surface area contributed by atoms with Crippen LogP contribution in [0.25, 0.3) is 0 Å². The Morgan fingerprint density at radius 1 is 1.19 bits per heavy atom. The number of nitrogens with zero attached hydrogens (tertiary/aromatic N) is 1. The molecule has 1 aliphatic rings. The Morgan fingerprint density at radius 2 is 1.88 bits per heavy atom. The Kier molecular flexibility index (Phi) is 5.60. The molecule has 26 heavy (non-hydrogen) atoms. The lowest BCUT2D eigenvalue weighted by Crippen LogP contribution is -2.41. The van der Waals surface area contributed by atoms with Crippen molar-refractivity contribution >= 4 is 27.6 Å². The minimum Gasteiger partial charge on any atom is -0.460 e. The minimum absolute atomic E-state index is 0.0140. The Labute approximate surface area is 156 Å². The predicted molar refractivity (Wildman–Crippen MR) is 94.6 cm³/mol. The van der Waals surface area contributed by atoms with Crippen LogP contribution in [0.15, 0.2) is 53.4 Å². The molecule has 138 valence electrons. The highest BCUT2D eigenvalue weighted by molar-refractivity contribution is 7.89. The van der Waals surface area contributed by atoms with Crippen molar-refractivity contribution in [2.24, 2.45) is 0 Å². The van der Waals surface area contributed by atoms with Gasteiger partial charge < -0.3 is 4.74 Å². The normalized spacial score (nSPS) is 18.0. The summed E-state index contributed by atoms with van der Waals surface area (Å²) in [7, 11) is -4.11. The van der Waals surface area contributed by atoms with Crippen LogP contribution in [-0.2, 0) is 26.2 Å². The van der Waals surface area contributed by atoms with Crippen LogP contribution < -0.4 is 0 Å². The van der Waals surface area contributed by atoms with Crippen LogP contribution in [0.3, 0.4) is 0 Å². The largest absolute Gasteiger partial charge is 0.460 e. The second-order valence-corrected chi connectivity index (χ2v) is 8.23. The number of rotatable bonds is 5. The van der Waals surface area contributed by atoms with E-state index in [1.807, 2.05) is 0 Å². The van der Waals surface area contributed by atoms with Crippen LogP contribution >= 0.6 is 11.6 Å². The maximum Gasteiger partial charge on any atom is 0.324 e. The van der Waals surface area contributed by atoms with Crippen molar-refractivity contribution in [1.82, 2.24) is 4.31 Å². The van der Waals surface area contributed by atoms with Crippen molar-refractivity contribution in [2.75, 3.05) is 6.54 Å². The molecule has 0 aromatic heterocycles. The molecule has 0 spiro atoms. The van der Waals surface area contributed by atoms with Gasteiger partial charge in [0.05, 0.1) is 0 Å². The van der Waals surface area contributed by atoms with E-state index >= 15 is 0 Å². The summed E-state index contributed by atoms with van der Waals surface area (Å²) in [6.07, 6.45) is 0.849. The first-order chi connectivity index (χ1) is 12.4. The quantitative estimate of drug-likeness (QED) is 0.725. The number of benzene rings is 2. The molecule has 0 N–H and O–H groups in total. The molecule has 1 aliphatic heterocycles. The van der Waals surface area contributed by atoms with E-state index in [1.54, 1.807) is 24.3 Å². The molecule has 1 atom stereocenters. The SMILES string of the molecule is O=C(OCc1ccc(Cl)cc1)[C@@H]1CCCN1S(=O)(=O)c1ccccc1F. The van der Waals surface area contributed by atoms with Crippen LogP contribution in [0.5, 0.6) is 0 Å². The smallest absolute Gasteiger partial charge is 0.324 e. The number of carbonyl (C=O) groups is 1. The van der Waals surface area contributed by atoms with Crippen molar-refractivity contribution < 1.29 is 22.3 Å². The molecular formula is C18H17ClFNO4S. The number of halogens is 2. The van der Waals surface area contributed by atoms with Crippen molar-refractivity contribution in [3.8, 4) is 0 Å². The Morgan fingerprint density at radius 3 is 2.58 bits per heavy atom. The molecule has 3 rings (SSSR count). The van der Waals surface area contributed by atoms with Crippen molar-refractivity contribution in [1.29, 1.82) is 0 Å². The summed E-state index contributed by atoms with van der Waals surface area (Å²) in [5, 5.41) is 0.568. The lowest BCUT2D eigenvalue weighted by atomic mass is 10.2. The summed E-state index contributed by atoms with van der Waals surface area (Å²) >= 11 is 5.81. The van der Waals surface area contributed by atoms with Gasteiger partial charge >= 0.3 is 5.97 Å². The van der Waals surface area contributed by atoms with E-state index in [2.05, 4.69) is 0 Å². The summed E-state index contributed by atoms with van der Waals surface area (Å²) in [5.41, 5.74) is 0.740. The number of ether oxygens (including phenoxy) is 1. The zero-order valence-electron chi connectivity index (χ0n) is 13.8. The first-order valence-electron chi connectivity index (χ1n) is 8.07. The molecule has 0 amide bonds. The van der Waals surface area contributed by atoms with Crippen molar-refractivity contribution in [3.05, 3.63) is 64.9 Å². The fraction of sp³-hybridized carbons (Fsp3) is 0.278. The van der Waals surface area contributed by atoms with Gasteiger partial charge in [-0.1, -0.05) is 35.9 Å². The zero-order valence-corrected chi connectivity index (χ0v) is 15.3. The summed E-state index contributed by atoms with van der Waals surface area (Å²) in [5.74, 6) is -1.48. The standard InChI is InChI=1S/C18H17ClFNO4S/c19-14-9-7-13(8-10-14)12-25-18(22)16-5-3-11-21(16)26(23,24)17-6-2-1-4-15(17)20/h1-2,4,6-10,16H,3,5,11-12H2/t16-/m0/s1. The molecule has 5 nitrogen and oxygen atoms in total. The molecule has 0 bridgehead atoms. The maximum atomic E-state index is 13.9. The predicted octanol–water partition coefficient (Wildman–Crippen LogP) is 3.38. The molecule has 2 aromatic rings. The summed E-state index contributed by atoms with van der Waals surface area (Å²) < 4.78 is 45.7. The molecule has 1 heterocycles. The average Bonchev–Trinajstić information content (AvgIpc) is 3.12. The average molecular weight is 398 g/mol. The van der Waals surface area contributed by atoms with Crippen LogP contribution in [0.2, 0.25) is 5.02 Å². The number of sulfonamides is 1. The fourth-order valence-corrected chi connectivity index (χ4v) is 4.71. The second-order valence-electron chi connectivity index (χ2n) is 5.94. The van der Waals surface area contributed by atoms with Gasteiger partial charge in [-0.3, -0.25) is 4.79 Å². The van der Waals surface area contributed by atoms with E-state index in [1.165, 1.54) is 18.2 Å². The van der Waals surface area contributed by atoms with Crippen LogP contribution in [0.4, 0.5) is 4.39 Å². The number of hydrogen-bond acceptors (Lipinski definition) is 4. The summed E-state index contributed by atoms with van der Waals surface area (Å²) in [4.78, 5) is 12.0. The van der Waals surface area contributed by atoms with Crippen LogP contribution in [0.1, 0.15) is 18.4 Å². The van der Waals surface area contributed by atoms with E-state index in [4.69, 9.17) is 16.3 Å². The molecule has 1 saturated heterocycles. The molecular weight excluding hydrogens is 381 g/mol. The van der Waals surface area contributed by atoms with Crippen LogP contribution in [0, 0.1) is 5.82 Å². The first-order valence-corrected chi connectivity index (χ1v) is 9.89. The van der Waals surface area contributed by atoms with Gasteiger partial charge in [0.15, 0.2) is 0 Å². The zero-order chi connectivity index (χ0) is 18.7. The van der Waals surface area contributed by atoms with E-state index in [0.717, 1.165) is 15.9 Å². The third-order valence-electron chi connectivity index (χ3n) is 4.19. The lowest BCUT2D eigenvalue weighted by molar-refractivity contribution is -0.148. The van der Waals surface area contributed by atoms with Gasteiger partial charge in [-0.2, -0.15) is 4.31 Å². The third kappa shape index (κ3) is 3.90. The van der Waals surface area contributed by atoms with Crippen molar-refractivity contribution in [3.63, 3.8) is 0 Å². The van der Waals surface area contributed by atoms with Crippen LogP contribution in [-0.4, -0.2) is 31.3 Å². The lowest BCUT2D eigenvalue weighted by Gasteiger charge is -2.23. The number of esters is 1. The Bertz CT molecular complexity index is 902. The highest BCUT2D eigenvalue weighted by Crippen LogP contribution is 2.28. The summed E-state index contributed by atoms with van der Waals surface area (Å²) in [6.45, 7) is 0.164. The van der Waals surface area contributed by atoms with Crippen molar-refractivity contribution in [2.45, 2.75) is 30.4 Å². The second kappa shape index (κ2) is 7.73. The Balaban J connectivity index is 1.74. The van der Waals surface area contributed by atoms with Gasteiger partial charge in [-0.25, -0.2) is 12.8 Å². The van der Waals surface area contributed by atoms with E-state index in [9.17, 15) is 17.6 Å². The monoisotopic (exact) mass is 397 g/mol. The van der Waals surface area contributed by atoms with Gasteiger partial charge in [0.1, 0.15) is 23.4 Å². The molecule has 0 saturated carbocycles. The first kappa shape index (κ1) is 18.8. The number of hydrogen-bond donors (Lipinski definition) is 0. The van der Waals surface area contributed by atoms with Gasteiger partial charge in [0.2, 0.25) is 10.0 Å². The minimum atomic E-state index is -4.11. The molecule has 1 fully saturated rings. The van der Waals surface area contributed by atoms with Gasteiger partial charge in [-0.05, 0) is 42.7 Å². The molecule has 2 aromatic carbocycles. The highest BCUT2D eigenvalue weighted by atomic mass is 35.5.